The molecule has 4 aromatic rings. The number of hydrogen-bond acceptors (Lipinski definition) is 0. The summed E-state index contributed by atoms with van der Waals surface area (Å²) in [6, 6.07) is 23.8. The van der Waals surface area contributed by atoms with Crippen molar-refractivity contribution >= 4 is 5.57 Å². The molecule has 48 heavy (non-hydrogen) atoms. The molecular weight excluding hydrogens is 581 g/mol. The quantitative estimate of drug-likeness (QED) is 0.192. The molecule has 0 amide bonds. The van der Waals surface area contributed by atoms with Crippen molar-refractivity contribution < 1.29 is 9.13 Å². The highest BCUT2D eigenvalue weighted by Gasteiger charge is 2.50. The minimum absolute atomic E-state index is 0.108. The van der Waals surface area contributed by atoms with E-state index in [1.807, 2.05) is 0 Å². The van der Waals surface area contributed by atoms with Gasteiger partial charge in [0, 0.05) is 48.2 Å². The number of fused-ring (bicyclic) bond motifs is 5. The van der Waals surface area contributed by atoms with Crippen molar-refractivity contribution in [2.45, 2.75) is 135 Å². The lowest BCUT2D eigenvalue weighted by atomic mass is 9.62. The van der Waals surface area contributed by atoms with Crippen molar-refractivity contribution in [3.63, 3.8) is 0 Å². The Morgan fingerprint density at radius 3 is 1.73 bits per heavy atom. The zero-order valence-electron chi connectivity index (χ0n) is 31.6. The smallest absolute Gasteiger partial charge is 0.201 e. The molecule has 2 aromatic heterocycles. The van der Waals surface area contributed by atoms with Gasteiger partial charge in [-0.2, -0.15) is 4.57 Å². The van der Waals surface area contributed by atoms with E-state index in [4.69, 9.17) is 0 Å². The first-order chi connectivity index (χ1) is 22.6. The van der Waals surface area contributed by atoms with Crippen molar-refractivity contribution in [3.8, 4) is 22.5 Å². The zero-order valence-corrected chi connectivity index (χ0v) is 31.6. The molecule has 250 valence electrons. The van der Waals surface area contributed by atoms with Crippen LogP contribution in [-0.4, -0.2) is 0 Å². The van der Waals surface area contributed by atoms with Crippen LogP contribution in [0.2, 0.25) is 0 Å². The van der Waals surface area contributed by atoms with Crippen LogP contribution in [0.5, 0.6) is 0 Å². The lowest BCUT2D eigenvalue weighted by Crippen LogP contribution is -2.59. The average molecular weight is 639 g/mol. The van der Waals surface area contributed by atoms with Gasteiger partial charge < -0.3 is 0 Å². The van der Waals surface area contributed by atoms with Crippen molar-refractivity contribution in [1.29, 1.82) is 0 Å². The molecular formula is C46H58N2+2. The number of benzene rings is 2. The van der Waals surface area contributed by atoms with Crippen LogP contribution in [0.15, 0.2) is 79.1 Å². The second-order valence-corrected chi connectivity index (χ2v) is 17.9. The number of allylic oxidation sites excluding steroid dienone is 2. The standard InChI is InChI=1S/C46H58N2/c1-12-46(13-2)35(33-28-38-39(45(9,10)30-44(38,7)8)29-34(33)41-19-15-17-25-48(41)46)21-20-31-26-36-37(43(5,6)23-22-42(36,3)4)27-32(31)40-18-14-16-24-47(40)11/h14-19,21,24-29H,12-13,20,22-23,30H2,1-11H3/q+2. The van der Waals surface area contributed by atoms with E-state index in [0.29, 0.717) is 0 Å². The Bertz CT molecular complexity index is 1960. The van der Waals surface area contributed by atoms with Gasteiger partial charge in [0.05, 0.1) is 5.56 Å². The van der Waals surface area contributed by atoms with Gasteiger partial charge in [-0.1, -0.05) is 81.4 Å². The Morgan fingerprint density at radius 1 is 0.604 bits per heavy atom. The fourth-order valence-electron chi connectivity index (χ4n) is 10.2. The molecule has 0 radical (unpaired) electrons. The molecule has 0 unspecified atom stereocenters. The average Bonchev–Trinajstić information content (AvgIpc) is 3.23. The highest BCUT2D eigenvalue weighted by Crippen LogP contribution is 2.54. The van der Waals surface area contributed by atoms with Crippen LogP contribution in [0.4, 0.5) is 0 Å². The van der Waals surface area contributed by atoms with Crippen LogP contribution in [0.1, 0.15) is 135 Å². The van der Waals surface area contributed by atoms with Crippen LogP contribution in [0, 0.1) is 0 Å². The number of aromatic nitrogens is 2. The van der Waals surface area contributed by atoms with Crippen LogP contribution in [-0.2, 0) is 40.7 Å². The van der Waals surface area contributed by atoms with Gasteiger partial charge >= 0.3 is 0 Å². The predicted octanol–water partition coefficient (Wildman–Crippen LogP) is 10.6. The molecule has 3 aliphatic rings. The van der Waals surface area contributed by atoms with E-state index in [9.17, 15) is 0 Å². The Balaban J connectivity index is 1.50. The first-order valence-corrected chi connectivity index (χ1v) is 18.6. The van der Waals surface area contributed by atoms with E-state index in [1.54, 1.807) is 0 Å². The summed E-state index contributed by atoms with van der Waals surface area (Å²) in [6.07, 6.45) is 13.8. The number of aryl methyl sites for hydroxylation is 1. The molecule has 0 atom stereocenters. The molecule has 0 N–H and O–H groups in total. The molecule has 7 rings (SSSR count). The van der Waals surface area contributed by atoms with Gasteiger partial charge in [0.2, 0.25) is 11.4 Å². The molecule has 0 bridgehead atoms. The molecule has 2 nitrogen and oxygen atoms in total. The molecule has 2 heteroatoms. The van der Waals surface area contributed by atoms with Gasteiger partial charge in [-0.15, -0.1) is 0 Å². The Hall–Kier alpha value is -3.52. The summed E-state index contributed by atoms with van der Waals surface area (Å²) in [7, 11) is 2.19. The normalized spacial score (nSPS) is 21.3. The number of pyridine rings is 2. The van der Waals surface area contributed by atoms with Gasteiger partial charge in [0.15, 0.2) is 17.9 Å². The second-order valence-electron chi connectivity index (χ2n) is 17.9. The van der Waals surface area contributed by atoms with E-state index in [1.165, 1.54) is 80.7 Å². The van der Waals surface area contributed by atoms with Gasteiger partial charge in [0.1, 0.15) is 7.05 Å². The van der Waals surface area contributed by atoms with Crippen molar-refractivity contribution in [1.82, 2.24) is 0 Å². The maximum Gasteiger partial charge on any atom is 0.213 e. The van der Waals surface area contributed by atoms with E-state index in [-0.39, 0.29) is 27.2 Å². The number of hydrogen-bond donors (Lipinski definition) is 0. The molecule has 0 spiro atoms. The van der Waals surface area contributed by atoms with E-state index in [0.717, 1.165) is 19.3 Å². The van der Waals surface area contributed by atoms with Crippen LogP contribution < -0.4 is 9.13 Å². The minimum Gasteiger partial charge on any atom is -0.201 e. The third-order valence-electron chi connectivity index (χ3n) is 13.0. The topological polar surface area (TPSA) is 7.76 Å². The number of nitrogens with zero attached hydrogens (tertiary/aromatic N) is 2. The summed E-state index contributed by atoms with van der Waals surface area (Å²) < 4.78 is 4.92. The Labute approximate surface area is 291 Å². The summed E-state index contributed by atoms with van der Waals surface area (Å²) in [6.45, 7) is 24.4. The second kappa shape index (κ2) is 11.0. The van der Waals surface area contributed by atoms with E-state index >= 15 is 0 Å². The van der Waals surface area contributed by atoms with Crippen LogP contribution in [0.25, 0.3) is 28.1 Å². The van der Waals surface area contributed by atoms with Crippen molar-refractivity contribution in [2.75, 3.05) is 0 Å². The molecule has 0 saturated heterocycles. The molecule has 2 aromatic carbocycles. The van der Waals surface area contributed by atoms with E-state index < -0.39 is 0 Å². The predicted molar refractivity (Wildman–Crippen MR) is 201 cm³/mol. The Morgan fingerprint density at radius 2 is 1.12 bits per heavy atom. The first-order valence-electron chi connectivity index (χ1n) is 18.6. The monoisotopic (exact) mass is 638 g/mol. The molecule has 0 saturated carbocycles. The van der Waals surface area contributed by atoms with Gasteiger partial charge in [-0.3, -0.25) is 0 Å². The molecule has 0 fully saturated rings. The van der Waals surface area contributed by atoms with Crippen LogP contribution in [0.3, 0.4) is 0 Å². The Kier molecular flexibility index (Phi) is 7.56. The summed E-state index contributed by atoms with van der Waals surface area (Å²) in [4.78, 5) is 0. The minimum atomic E-state index is -0.108. The highest BCUT2D eigenvalue weighted by atomic mass is 15.1. The van der Waals surface area contributed by atoms with Gasteiger partial charge in [0.25, 0.3) is 0 Å². The maximum atomic E-state index is 2.64. The molecule has 3 heterocycles. The summed E-state index contributed by atoms with van der Waals surface area (Å²) in [5, 5.41) is 0. The third kappa shape index (κ3) is 4.87. The number of rotatable bonds is 5. The SMILES string of the molecule is CCC1(CC)C(=CCc2cc3c(cc2-c2cccc[n+]2C)C(C)(C)CCC3(C)C)c2cc3c(cc2-c2cccc[n+]21)C(C)(C)CC3(C)C. The first kappa shape index (κ1) is 33.0. The largest absolute Gasteiger partial charge is 0.213 e. The fraction of sp³-hybridized carbons (Fsp3) is 0.478. The highest BCUT2D eigenvalue weighted by molar-refractivity contribution is 5.86. The molecule has 2 aliphatic carbocycles. The van der Waals surface area contributed by atoms with E-state index in [2.05, 4.69) is 165 Å². The van der Waals surface area contributed by atoms with Gasteiger partial charge in [-0.05, 0) is 111 Å². The maximum absolute atomic E-state index is 2.64. The van der Waals surface area contributed by atoms with Crippen molar-refractivity contribution in [3.05, 3.63) is 113 Å². The summed E-state index contributed by atoms with van der Waals surface area (Å²) in [5.41, 5.74) is 16.4. The lowest BCUT2D eigenvalue weighted by molar-refractivity contribution is -0.741. The summed E-state index contributed by atoms with van der Waals surface area (Å²) in [5.74, 6) is 0. The lowest BCUT2D eigenvalue weighted by Gasteiger charge is -2.42. The van der Waals surface area contributed by atoms with Crippen LogP contribution >= 0.6 is 0 Å². The summed E-state index contributed by atoms with van der Waals surface area (Å²) >= 11 is 0. The van der Waals surface area contributed by atoms with Gasteiger partial charge in [-0.25, -0.2) is 4.57 Å². The fourth-order valence-corrected chi connectivity index (χ4v) is 10.2. The zero-order chi connectivity index (χ0) is 34.4. The third-order valence-corrected chi connectivity index (χ3v) is 13.0. The van der Waals surface area contributed by atoms with Crippen molar-refractivity contribution in [2.24, 2.45) is 7.05 Å². The molecule has 1 aliphatic heterocycles.